The normalized spacial score (nSPS) is 12.5. The molecule has 0 saturated heterocycles. The Morgan fingerprint density at radius 3 is 1.82 bits per heavy atom. The number of carbonyl (C=O) groups is 5. The van der Waals surface area contributed by atoms with Gasteiger partial charge in [-0.2, -0.15) is 0 Å². The average Bonchev–Trinajstić information content (AvgIpc) is 3.28. The van der Waals surface area contributed by atoms with Crippen LogP contribution in [-0.2, 0) is 48.1 Å². The highest BCUT2D eigenvalue weighted by molar-refractivity contribution is 6.11. The Morgan fingerprint density at radius 2 is 1.24 bits per heavy atom. The molecule has 0 aromatic heterocycles. The Morgan fingerprint density at radius 1 is 0.682 bits per heavy atom. The fraction of sp³-hybridized carbons (Fsp3) is 0.340. The van der Waals surface area contributed by atoms with Gasteiger partial charge in [0.2, 0.25) is 17.7 Å². The molecule has 5 aromatic carbocycles. The lowest BCUT2D eigenvalue weighted by Gasteiger charge is -2.26. The van der Waals surface area contributed by atoms with Crippen LogP contribution in [0.4, 0.5) is 4.79 Å². The second kappa shape index (κ2) is 23.7. The number of alkyl carbamates (subject to hydrolysis) is 1. The Bertz CT molecular complexity index is 2530. The summed E-state index contributed by atoms with van der Waals surface area (Å²) in [6, 6.07) is 25.6. The van der Waals surface area contributed by atoms with Crippen LogP contribution in [0.25, 0.3) is 32.7 Å². The predicted molar refractivity (Wildman–Crippen MR) is 258 cm³/mol. The van der Waals surface area contributed by atoms with Crippen LogP contribution in [-0.4, -0.2) is 74.3 Å². The van der Waals surface area contributed by atoms with E-state index in [0.29, 0.717) is 36.3 Å². The van der Waals surface area contributed by atoms with Gasteiger partial charge in [0.1, 0.15) is 41.8 Å². The van der Waals surface area contributed by atoms with Gasteiger partial charge in [0.05, 0.1) is 14.2 Å². The van der Waals surface area contributed by atoms with Gasteiger partial charge in [-0.05, 0) is 103 Å². The van der Waals surface area contributed by atoms with E-state index in [1.54, 1.807) is 35.0 Å². The summed E-state index contributed by atoms with van der Waals surface area (Å²) in [7, 11) is 3.20. The fourth-order valence-electron chi connectivity index (χ4n) is 7.87. The highest BCUT2D eigenvalue weighted by Crippen LogP contribution is 2.48. The summed E-state index contributed by atoms with van der Waals surface area (Å²) in [6.07, 6.45) is 4.27. The monoisotopic (exact) mass is 898 g/mol. The molecule has 13 nitrogen and oxygen atoms in total. The molecule has 0 aliphatic heterocycles. The maximum Gasteiger partial charge on any atom is 0.407 e. The second-order valence-electron chi connectivity index (χ2n) is 16.9. The zero-order valence-electron chi connectivity index (χ0n) is 38.8. The molecule has 4 N–H and O–H groups in total. The number of ether oxygens (including phenoxy) is 4. The predicted octanol–water partition coefficient (Wildman–Crippen LogP) is 8.44. The quantitative estimate of drug-likeness (QED) is 0.0303. The van der Waals surface area contributed by atoms with Crippen LogP contribution in [0.5, 0.6) is 11.5 Å². The van der Waals surface area contributed by atoms with E-state index in [1.807, 2.05) is 91.0 Å². The summed E-state index contributed by atoms with van der Waals surface area (Å²) in [5, 5.41) is 14.8. The molecule has 3 atom stereocenters. The van der Waals surface area contributed by atoms with Crippen molar-refractivity contribution in [2.75, 3.05) is 20.8 Å². The number of methoxy groups -OCH3 is 2. The summed E-state index contributed by atoms with van der Waals surface area (Å²) in [4.78, 5) is 67.2. The number of rotatable bonds is 22. The van der Waals surface area contributed by atoms with Crippen molar-refractivity contribution in [1.82, 2.24) is 21.3 Å². The van der Waals surface area contributed by atoms with E-state index in [-0.39, 0.29) is 32.4 Å². The third-order valence-electron chi connectivity index (χ3n) is 10.7. The number of esters is 1. The van der Waals surface area contributed by atoms with Crippen molar-refractivity contribution in [3.8, 4) is 22.6 Å². The van der Waals surface area contributed by atoms with Crippen molar-refractivity contribution in [2.24, 2.45) is 0 Å². The van der Waals surface area contributed by atoms with E-state index in [2.05, 4.69) is 40.5 Å². The molecule has 0 heterocycles. The van der Waals surface area contributed by atoms with Gasteiger partial charge in [0.25, 0.3) is 0 Å². The summed E-state index contributed by atoms with van der Waals surface area (Å²) < 4.78 is 23.3. The number of fused-ring (bicyclic) bond motifs is 2. The molecule has 5 aromatic rings. The minimum Gasteiger partial charge on any atom is -0.496 e. The number of amides is 4. The highest BCUT2D eigenvalue weighted by atomic mass is 16.6. The van der Waals surface area contributed by atoms with Crippen molar-refractivity contribution >= 4 is 51.3 Å². The number of hydrogen-bond acceptors (Lipinski definition) is 9. The molecule has 1 unspecified atom stereocenters. The third kappa shape index (κ3) is 13.4. The Kier molecular flexibility index (Phi) is 17.9. The number of allylic oxidation sites excluding steroid dienone is 1. The third-order valence-corrected chi connectivity index (χ3v) is 10.7. The molecule has 0 aliphatic rings. The van der Waals surface area contributed by atoms with Gasteiger partial charge < -0.3 is 40.2 Å². The Labute approximate surface area is 387 Å². The van der Waals surface area contributed by atoms with Crippen LogP contribution < -0.4 is 30.7 Å². The first kappa shape index (κ1) is 49.9. The standard InChI is InChI=1S/C53H62N4O9/c1-9-20-38-30-36-24-14-16-26-40(36)45(47(38)63-7)46-41-27-17-15-25-37(41)31-39(48(46)64-8)32-44(55-34(3)58)50(60)56-42(28-18-19-29-54-52(62)66-53(4,5)6)49(59)57-43(21-10-2)51(61)65-33-35-22-12-11-13-23-35/h9-17,22-27,30-31,42-44H,1-2,18-21,28-29,32-33H2,3-8H3,(H,54,62)(H,55,58)(H,56,60)(H,57,59)/t42-,43-,44?/m1/s1. The minimum atomic E-state index is -1.18. The van der Waals surface area contributed by atoms with Gasteiger partial charge >= 0.3 is 12.1 Å². The maximum absolute atomic E-state index is 14.6. The molecule has 348 valence electrons. The fourth-order valence-corrected chi connectivity index (χ4v) is 7.87. The number of nitrogens with one attached hydrogen (secondary N) is 4. The van der Waals surface area contributed by atoms with E-state index < -0.39 is 53.5 Å². The molecule has 0 spiro atoms. The maximum atomic E-state index is 14.6. The van der Waals surface area contributed by atoms with Gasteiger partial charge in [-0.25, -0.2) is 9.59 Å². The van der Waals surface area contributed by atoms with Crippen LogP contribution in [0.15, 0.2) is 116 Å². The molecule has 0 saturated carbocycles. The first-order valence-corrected chi connectivity index (χ1v) is 22.1. The second-order valence-corrected chi connectivity index (χ2v) is 16.9. The lowest BCUT2D eigenvalue weighted by Crippen LogP contribution is -2.56. The molecule has 66 heavy (non-hydrogen) atoms. The van der Waals surface area contributed by atoms with Crippen LogP contribution in [0, 0.1) is 0 Å². The lowest BCUT2D eigenvalue weighted by molar-refractivity contribution is -0.149. The van der Waals surface area contributed by atoms with Crippen molar-refractivity contribution in [1.29, 1.82) is 0 Å². The molecule has 5 rings (SSSR count). The molecular formula is C53H62N4O9. The molecule has 0 radical (unpaired) electrons. The van der Waals surface area contributed by atoms with Crippen LogP contribution in [0.2, 0.25) is 0 Å². The molecule has 4 amide bonds. The largest absolute Gasteiger partial charge is 0.496 e. The summed E-state index contributed by atoms with van der Waals surface area (Å²) in [6.45, 7) is 14.6. The number of hydrogen-bond donors (Lipinski definition) is 4. The van der Waals surface area contributed by atoms with Crippen LogP contribution in [0.1, 0.15) is 70.1 Å². The molecule has 0 aliphatic carbocycles. The highest BCUT2D eigenvalue weighted by Gasteiger charge is 2.32. The van der Waals surface area contributed by atoms with Crippen molar-refractivity contribution in [3.63, 3.8) is 0 Å². The molecule has 0 bridgehead atoms. The van der Waals surface area contributed by atoms with Gasteiger partial charge in [-0.15, -0.1) is 13.2 Å². The van der Waals surface area contributed by atoms with E-state index in [1.165, 1.54) is 13.0 Å². The molecule has 13 heteroatoms. The van der Waals surface area contributed by atoms with Gasteiger partial charge in [0, 0.05) is 31.0 Å². The number of benzene rings is 5. The molecular weight excluding hydrogens is 837 g/mol. The van der Waals surface area contributed by atoms with E-state index in [0.717, 1.165) is 43.8 Å². The summed E-state index contributed by atoms with van der Waals surface area (Å²) in [5.74, 6) is -1.30. The zero-order valence-corrected chi connectivity index (χ0v) is 38.8. The van der Waals surface area contributed by atoms with Gasteiger partial charge in [-0.1, -0.05) is 91.0 Å². The first-order valence-electron chi connectivity index (χ1n) is 22.1. The average molecular weight is 899 g/mol. The van der Waals surface area contributed by atoms with Crippen molar-refractivity contribution in [2.45, 2.75) is 96.6 Å². The van der Waals surface area contributed by atoms with Gasteiger partial charge in [0.15, 0.2) is 0 Å². The number of carbonyl (C=O) groups excluding carboxylic acids is 5. The van der Waals surface area contributed by atoms with E-state index in [9.17, 15) is 24.0 Å². The van der Waals surface area contributed by atoms with Gasteiger partial charge in [-0.3, -0.25) is 14.4 Å². The summed E-state index contributed by atoms with van der Waals surface area (Å²) in [5.41, 5.74) is 3.18. The number of unbranched alkanes of at least 4 members (excludes halogenated alkanes) is 1. The van der Waals surface area contributed by atoms with Crippen molar-refractivity contribution in [3.05, 3.63) is 133 Å². The summed E-state index contributed by atoms with van der Waals surface area (Å²) >= 11 is 0. The molecule has 0 fully saturated rings. The Balaban J connectivity index is 1.49. The topological polar surface area (TPSA) is 170 Å². The zero-order chi connectivity index (χ0) is 47.8. The van der Waals surface area contributed by atoms with Crippen molar-refractivity contribution < 1.29 is 42.9 Å². The van der Waals surface area contributed by atoms with E-state index in [4.69, 9.17) is 18.9 Å². The minimum absolute atomic E-state index is 0.00436. The smallest absolute Gasteiger partial charge is 0.407 e. The van der Waals surface area contributed by atoms with Crippen LogP contribution in [0.3, 0.4) is 0 Å². The lowest BCUT2D eigenvalue weighted by atomic mass is 9.87. The van der Waals surface area contributed by atoms with E-state index >= 15 is 0 Å². The SMILES string of the molecule is C=CCc1cc2ccccc2c(-c2c(OC)c(CC(NC(C)=O)C(=O)N[C@H](CCCCNC(=O)OC(C)(C)C)C(=O)N[C@H](CC=C)C(=O)OCc3ccccc3)cc3ccccc23)c1OC. The Hall–Kier alpha value is -7.15. The first-order chi connectivity index (χ1) is 31.7. The van der Waals surface area contributed by atoms with Crippen LogP contribution >= 0.6 is 0 Å².